The molecule has 62 valence electrons. The topological polar surface area (TPSA) is 63.2 Å². The lowest BCUT2D eigenvalue weighted by atomic mass is 10.2. The van der Waals surface area contributed by atoms with Crippen LogP contribution in [0.25, 0.3) is 0 Å². The van der Waals surface area contributed by atoms with Crippen molar-refractivity contribution in [2.45, 2.75) is 0 Å². The molecule has 3 aliphatic rings. The molecule has 0 unspecified atom stereocenters. The SMILES string of the molecule is O=C1C[N+]2([O-])CC[N+]1([O-])CC2. The van der Waals surface area contributed by atoms with Crippen molar-refractivity contribution in [1.29, 1.82) is 0 Å². The molecule has 2 bridgehead atoms. The Hall–Kier alpha value is -0.490. The second kappa shape index (κ2) is 1.81. The Kier molecular flexibility index (Phi) is 1.18. The van der Waals surface area contributed by atoms with Gasteiger partial charge in [-0.25, -0.2) is 4.79 Å². The van der Waals surface area contributed by atoms with E-state index in [1.54, 1.807) is 0 Å². The van der Waals surface area contributed by atoms with Gasteiger partial charge in [-0.2, -0.15) is 0 Å². The number of fused-ring (bicyclic) bond motifs is 3. The Morgan fingerprint density at radius 1 is 1.09 bits per heavy atom. The Bertz CT molecular complexity index is 208. The van der Waals surface area contributed by atoms with Crippen LogP contribution in [0.3, 0.4) is 0 Å². The summed E-state index contributed by atoms with van der Waals surface area (Å²) < 4.78 is -1.21. The summed E-state index contributed by atoms with van der Waals surface area (Å²) in [4.78, 5) is 11.0. The second-order valence-electron chi connectivity index (χ2n) is 3.39. The van der Waals surface area contributed by atoms with Crippen LogP contribution >= 0.6 is 0 Å². The predicted molar refractivity (Wildman–Crippen MR) is 36.6 cm³/mol. The van der Waals surface area contributed by atoms with Gasteiger partial charge in [0, 0.05) is 0 Å². The number of hydrogen-bond donors (Lipinski definition) is 0. The van der Waals surface area contributed by atoms with Gasteiger partial charge in [0.25, 0.3) is 0 Å². The summed E-state index contributed by atoms with van der Waals surface area (Å²) >= 11 is 0. The molecule has 0 aromatic rings. The van der Waals surface area contributed by atoms with Crippen LogP contribution in [-0.4, -0.2) is 47.9 Å². The molecule has 0 aromatic heterocycles. The normalized spacial score (nSPS) is 49.8. The third-order valence-electron chi connectivity index (χ3n) is 2.62. The van der Waals surface area contributed by atoms with Crippen molar-refractivity contribution in [3.63, 3.8) is 0 Å². The number of hydroxylamine groups is 6. The molecule has 3 rings (SSSR count). The first kappa shape index (κ1) is 7.17. The number of quaternary nitrogens is 2. The van der Waals surface area contributed by atoms with Crippen molar-refractivity contribution in [2.75, 3.05) is 32.7 Å². The summed E-state index contributed by atoms with van der Waals surface area (Å²) in [5.41, 5.74) is 0. The molecule has 5 heteroatoms. The number of piperazine rings is 3. The predicted octanol–water partition coefficient (Wildman–Crippen LogP) is -0.831. The summed E-state index contributed by atoms with van der Waals surface area (Å²) in [7, 11) is 0. The van der Waals surface area contributed by atoms with Gasteiger partial charge in [0.2, 0.25) is 0 Å². The lowest BCUT2D eigenvalue weighted by Gasteiger charge is -2.57. The van der Waals surface area contributed by atoms with E-state index < -0.39 is 15.2 Å². The van der Waals surface area contributed by atoms with E-state index in [-0.39, 0.29) is 19.6 Å². The second-order valence-corrected chi connectivity index (χ2v) is 3.39. The molecule has 3 heterocycles. The molecule has 0 spiro atoms. The number of carbonyl (C=O) groups is 1. The van der Waals surface area contributed by atoms with Crippen molar-refractivity contribution in [3.8, 4) is 0 Å². The van der Waals surface area contributed by atoms with Crippen LogP contribution in [0.2, 0.25) is 0 Å². The van der Waals surface area contributed by atoms with Gasteiger partial charge < -0.3 is 15.1 Å². The van der Waals surface area contributed by atoms with Crippen LogP contribution in [0.1, 0.15) is 0 Å². The monoisotopic (exact) mass is 158 g/mol. The quantitative estimate of drug-likeness (QED) is 0.341. The van der Waals surface area contributed by atoms with Crippen LogP contribution in [0.5, 0.6) is 0 Å². The fraction of sp³-hybridized carbons (Fsp3) is 0.833. The van der Waals surface area contributed by atoms with E-state index >= 15 is 0 Å². The van der Waals surface area contributed by atoms with Crippen LogP contribution in [0.15, 0.2) is 0 Å². The zero-order chi connectivity index (χ0) is 8.11. The van der Waals surface area contributed by atoms with E-state index in [1.807, 2.05) is 0 Å². The highest BCUT2D eigenvalue weighted by Crippen LogP contribution is 2.24. The number of rotatable bonds is 0. The highest BCUT2D eigenvalue weighted by Gasteiger charge is 2.46. The van der Waals surface area contributed by atoms with Gasteiger partial charge in [0.15, 0.2) is 6.54 Å². The summed E-state index contributed by atoms with van der Waals surface area (Å²) in [5, 5.41) is 22.9. The number of carbonyl (C=O) groups excluding carboxylic acids is 1. The first-order chi connectivity index (χ1) is 5.04. The molecule has 11 heavy (non-hydrogen) atoms. The number of nitrogens with zero attached hydrogens (tertiary/aromatic N) is 2. The molecule has 0 radical (unpaired) electrons. The molecule has 3 saturated heterocycles. The molecule has 0 N–H and O–H groups in total. The molecule has 0 aliphatic carbocycles. The van der Waals surface area contributed by atoms with E-state index in [1.165, 1.54) is 0 Å². The van der Waals surface area contributed by atoms with Crippen molar-refractivity contribution in [3.05, 3.63) is 10.4 Å². The van der Waals surface area contributed by atoms with Gasteiger partial charge in [0.05, 0.1) is 0 Å². The maximum Gasteiger partial charge on any atom is 0.369 e. The minimum absolute atomic E-state index is 0.108. The van der Waals surface area contributed by atoms with E-state index in [2.05, 4.69) is 0 Å². The van der Waals surface area contributed by atoms with Crippen LogP contribution in [-0.2, 0) is 4.79 Å². The molecule has 3 aliphatic heterocycles. The summed E-state index contributed by atoms with van der Waals surface area (Å²) in [6.07, 6.45) is 0. The average Bonchev–Trinajstić information content (AvgIpc) is 1.94. The Balaban J connectivity index is 2.29. The Labute approximate surface area is 64.1 Å². The van der Waals surface area contributed by atoms with Gasteiger partial charge in [-0.05, 0) is 0 Å². The Morgan fingerprint density at radius 2 is 1.64 bits per heavy atom. The summed E-state index contributed by atoms with van der Waals surface area (Å²) in [5.74, 6) is -0.433. The maximum absolute atomic E-state index is 11.4. The Morgan fingerprint density at radius 3 is 2.00 bits per heavy atom. The number of hydrogen-bond acceptors (Lipinski definition) is 3. The van der Waals surface area contributed by atoms with Gasteiger partial charge in [-0.1, -0.05) is 0 Å². The van der Waals surface area contributed by atoms with Crippen molar-refractivity contribution in [1.82, 2.24) is 0 Å². The highest BCUT2D eigenvalue weighted by atomic mass is 16.6. The van der Waals surface area contributed by atoms with E-state index in [0.29, 0.717) is 13.1 Å². The molecule has 0 atom stereocenters. The fourth-order valence-corrected chi connectivity index (χ4v) is 1.69. The maximum atomic E-state index is 11.4. The zero-order valence-electron chi connectivity index (χ0n) is 6.15. The minimum atomic E-state index is -0.748. The van der Waals surface area contributed by atoms with E-state index in [4.69, 9.17) is 0 Å². The van der Waals surface area contributed by atoms with Crippen LogP contribution in [0, 0.1) is 10.4 Å². The van der Waals surface area contributed by atoms with Crippen LogP contribution < -0.4 is 0 Å². The standard InChI is InChI=1S/C6H10N2O3/c9-6-5-7(10)1-3-8(6,11)4-2-7/h1-5H2. The van der Waals surface area contributed by atoms with Crippen LogP contribution in [0.4, 0.5) is 0 Å². The molecule has 0 saturated carbocycles. The lowest BCUT2D eigenvalue weighted by Crippen LogP contribution is -2.73. The van der Waals surface area contributed by atoms with Crippen molar-refractivity contribution >= 4 is 5.91 Å². The average molecular weight is 158 g/mol. The van der Waals surface area contributed by atoms with Gasteiger partial charge in [0.1, 0.15) is 26.2 Å². The molecular formula is C6H10N2O3. The summed E-state index contributed by atoms with van der Waals surface area (Å²) in [6.45, 7) is 0.888. The van der Waals surface area contributed by atoms with Crippen molar-refractivity contribution < 1.29 is 14.1 Å². The van der Waals surface area contributed by atoms with Gasteiger partial charge in [-0.3, -0.25) is 4.65 Å². The third-order valence-corrected chi connectivity index (χ3v) is 2.62. The largest absolute Gasteiger partial charge is 0.632 e. The molecule has 0 aromatic carbocycles. The van der Waals surface area contributed by atoms with Crippen molar-refractivity contribution in [2.24, 2.45) is 0 Å². The van der Waals surface area contributed by atoms with Gasteiger partial charge in [-0.15, -0.1) is 0 Å². The molecular weight excluding hydrogens is 148 g/mol. The number of amides is 1. The smallest absolute Gasteiger partial charge is 0.369 e. The van der Waals surface area contributed by atoms with E-state index in [0.717, 1.165) is 0 Å². The third kappa shape index (κ3) is 0.893. The highest BCUT2D eigenvalue weighted by molar-refractivity contribution is 5.71. The molecule has 3 fully saturated rings. The van der Waals surface area contributed by atoms with Gasteiger partial charge >= 0.3 is 5.91 Å². The fourth-order valence-electron chi connectivity index (χ4n) is 1.69. The van der Waals surface area contributed by atoms with E-state index in [9.17, 15) is 15.2 Å². The first-order valence-corrected chi connectivity index (χ1v) is 3.73. The summed E-state index contributed by atoms with van der Waals surface area (Å²) in [6, 6.07) is 0. The lowest BCUT2D eigenvalue weighted by molar-refractivity contribution is -0.989. The minimum Gasteiger partial charge on any atom is -0.632 e. The molecule has 1 amide bonds. The molecule has 5 nitrogen and oxygen atoms in total. The zero-order valence-corrected chi connectivity index (χ0v) is 6.15. The first-order valence-electron chi connectivity index (χ1n) is 3.73.